The summed E-state index contributed by atoms with van der Waals surface area (Å²) in [7, 11) is -5.13. The number of H-pyrrole nitrogens is 1. The maximum atomic E-state index is 11.3. The van der Waals surface area contributed by atoms with Crippen molar-refractivity contribution in [2.45, 2.75) is 36.2 Å². The molecular formula is C40H39N3O8S2. The van der Waals surface area contributed by atoms with Crippen molar-refractivity contribution in [2.24, 2.45) is 0 Å². The minimum absolute atomic E-state index is 0.0233. The lowest BCUT2D eigenvalue weighted by Gasteiger charge is -2.24. The number of fused-ring (bicyclic) bond motifs is 5. The fourth-order valence-corrected chi connectivity index (χ4v) is 8.19. The van der Waals surface area contributed by atoms with Gasteiger partial charge in [0.1, 0.15) is 15.5 Å². The molecule has 274 valence electrons. The van der Waals surface area contributed by atoms with Gasteiger partial charge in [0, 0.05) is 64.9 Å². The smallest absolute Gasteiger partial charge is 0.295 e. The first-order valence-corrected chi connectivity index (χ1v) is 19.6. The molecule has 0 unspecified atom stereocenters. The summed E-state index contributed by atoms with van der Waals surface area (Å²) in [6.45, 7) is 5.10. The molecule has 0 bridgehead atoms. The highest BCUT2D eigenvalue weighted by atomic mass is 32.2. The number of para-hydroxylation sites is 2. The molecule has 7 aromatic rings. The number of aromatic amines is 1. The molecule has 0 amide bonds. The predicted molar refractivity (Wildman–Crippen MR) is 207 cm³/mol. The van der Waals surface area contributed by atoms with Crippen molar-refractivity contribution in [3.8, 4) is 5.75 Å². The summed E-state index contributed by atoms with van der Waals surface area (Å²) in [6, 6.07) is 34.4. The lowest BCUT2D eigenvalue weighted by Crippen LogP contribution is -2.27. The summed E-state index contributed by atoms with van der Waals surface area (Å²) in [5, 5.41) is 2.49. The zero-order chi connectivity index (χ0) is 37.9. The molecule has 0 saturated carbocycles. The summed E-state index contributed by atoms with van der Waals surface area (Å²) in [4.78, 5) is 15.6. The molecule has 2 aromatic heterocycles. The fraction of sp³-hybridized carbons (Fsp3) is 0.175. The van der Waals surface area contributed by atoms with Gasteiger partial charge < -0.3 is 19.2 Å². The van der Waals surface area contributed by atoms with E-state index < -0.39 is 30.0 Å². The second-order valence-electron chi connectivity index (χ2n) is 12.8. The molecule has 0 spiro atoms. The molecule has 0 aliphatic carbocycles. The number of rotatable bonds is 5. The van der Waals surface area contributed by atoms with Crippen molar-refractivity contribution in [1.82, 2.24) is 14.5 Å². The van der Waals surface area contributed by atoms with Crippen LogP contribution in [0.15, 0.2) is 130 Å². The lowest BCUT2D eigenvalue weighted by atomic mass is 10.1. The van der Waals surface area contributed by atoms with Crippen molar-refractivity contribution in [3.63, 3.8) is 0 Å². The Morgan fingerprint density at radius 1 is 0.736 bits per heavy atom. The van der Waals surface area contributed by atoms with Gasteiger partial charge in [-0.25, -0.2) is 0 Å². The number of likely N-dealkylation sites (N-methyl/N-ethyl adjacent to an activating group) is 1. The average Bonchev–Trinajstić information content (AvgIpc) is 3.43. The number of aromatic nitrogens is 2. The lowest BCUT2D eigenvalue weighted by molar-refractivity contribution is 0.310. The number of benzene rings is 5. The molecular weight excluding hydrogens is 715 g/mol. The van der Waals surface area contributed by atoms with Crippen LogP contribution in [-0.2, 0) is 39.7 Å². The Morgan fingerprint density at radius 3 is 1.92 bits per heavy atom. The number of aryl methyl sites for hydroxylation is 1. The van der Waals surface area contributed by atoms with Gasteiger partial charge in [-0.3, -0.25) is 13.9 Å². The first-order chi connectivity index (χ1) is 25.3. The van der Waals surface area contributed by atoms with Gasteiger partial charge in [0.25, 0.3) is 20.2 Å². The summed E-state index contributed by atoms with van der Waals surface area (Å²) in [5.74, 6) is 0.698. The number of hydrogen-bond donors (Lipinski definition) is 3. The molecule has 11 nitrogen and oxygen atoms in total. The normalized spacial score (nSPS) is 13.2. The van der Waals surface area contributed by atoms with E-state index in [1.807, 2.05) is 25.1 Å². The molecule has 13 heteroatoms. The number of hydrogen-bond acceptors (Lipinski definition) is 7. The fourth-order valence-electron chi connectivity index (χ4n) is 6.78. The molecule has 8 rings (SSSR count). The molecule has 3 heterocycles. The van der Waals surface area contributed by atoms with E-state index in [9.17, 15) is 21.6 Å². The van der Waals surface area contributed by atoms with E-state index in [2.05, 4.69) is 76.1 Å². The van der Waals surface area contributed by atoms with E-state index in [-0.39, 0.29) is 16.3 Å². The quantitative estimate of drug-likeness (QED) is 0.160. The zero-order valence-electron chi connectivity index (χ0n) is 29.4. The van der Waals surface area contributed by atoms with E-state index in [0.29, 0.717) is 5.75 Å². The minimum atomic E-state index is -4.47. The Morgan fingerprint density at radius 2 is 1.30 bits per heavy atom. The molecule has 53 heavy (non-hydrogen) atoms. The van der Waals surface area contributed by atoms with Crippen LogP contribution >= 0.6 is 0 Å². The van der Waals surface area contributed by atoms with Gasteiger partial charge in [0.15, 0.2) is 0 Å². The first-order valence-electron chi connectivity index (χ1n) is 16.7. The minimum Gasteiger partial charge on any atom is -0.495 e. The summed E-state index contributed by atoms with van der Waals surface area (Å²) in [5.41, 5.74) is 7.43. The monoisotopic (exact) mass is 753 g/mol. The number of methoxy groups -OCH3 is 1. The van der Waals surface area contributed by atoms with Crippen molar-refractivity contribution >= 4 is 52.8 Å². The van der Waals surface area contributed by atoms with Crippen LogP contribution < -0.4 is 10.3 Å². The number of ether oxygens (including phenoxy) is 1. The predicted octanol–water partition coefficient (Wildman–Crippen LogP) is 6.86. The molecule has 3 N–H and O–H groups in total. The van der Waals surface area contributed by atoms with E-state index in [1.165, 1.54) is 52.0 Å². The van der Waals surface area contributed by atoms with Gasteiger partial charge in [-0.1, -0.05) is 84.9 Å². The third-order valence-electron chi connectivity index (χ3n) is 9.20. The Kier molecular flexibility index (Phi) is 10.8. The van der Waals surface area contributed by atoms with Gasteiger partial charge in [-0.2, -0.15) is 16.8 Å². The maximum Gasteiger partial charge on any atom is 0.295 e. The largest absolute Gasteiger partial charge is 0.495 e. The number of nitrogens with one attached hydrogen (secondary N) is 1. The van der Waals surface area contributed by atoms with Crippen LogP contribution in [0.2, 0.25) is 0 Å². The highest BCUT2D eigenvalue weighted by Crippen LogP contribution is 2.31. The summed E-state index contributed by atoms with van der Waals surface area (Å²) < 4.78 is 70.4. The average molecular weight is 754 g/mol. The Labute approximate surface area is 307 Å². The second-order valence-corrected chi connectivity index (χ2v) is 15.5. The highest BCUT2D eigenvalue weighted by molar-refractivity contribution is 7.86. The van der Waals surface area contributed by atoms with Gasteiger partial charge in [0.2, 0.25) is 5.56 Å². The second kappa shape index (κ2) is 15.3. The van der Waals surface area contributed by atoms with Crippen molar-refractivity contribution in [1.29, 1.82) is 0 Å². The topological polar surface area (TPSA) is 159 Å². The number of nitrogens with zero attached hydrogens (tertiary/aromatic N) is 2. The van der Waals surface area contributed by atoms with Gasteiger partial charge in [0.05, 0.1) is 12.6 Å². The first kappa shape index (κ1) is 37.4. The van der Waals surface area contributed by atoms with E-state index in [4.69, 9.17) is 13.8 Å². The molecule has 1 aliphatic heterocycles. The summed E-state index contributed by atoms with van der Waals surface area (Å²) in [6.07, 6.45) is 1.15. The van der Waals surface area contributed by atoms with Crippen LogP contribution in [0, 0.1) is 6.92 Å². The van der Waals surface area contributed by atoms with Gasteiger partial charge >= 0.3 is 0 Å². The van der Waals surface area contributed by atoms with Crippen molar-refractivity contribution in [3.05, 3.63) is 148 Å². The standard InChI is InChI=1S/C19H20N2.C11H11NO2.C10H8O6S2/c1-20-12-11-19-17(14-20)16-9-5-6-10-18(16)21(19)13-15-7-3-2-4-8-15;1-7-6-10(13)12-11-8(7)4-3-5-9(11)14-2;11-17(12,13)9-5-1-3-7-8(9)4-2-6-10(7)18(14,15)16/h2-10H,11-14H2,1H3;3-6H,1-2H3,(H,12,13);1-6H,(H,11,12,13)(H,14,15,16). The highest BCUT2D eigenvalue weighted by Gasteiger charge is 2.22. The Hall–Kier alpha value is -5.31. The van der Waals surface area contributed by atoms with E-state index in [0.717, 1.165) is 54.7 Å². The SMILES string of the molecule is CN1CCc2c(c3ccccc3n2Cc2ccccc2)C1.COc1cccc2c(C)cc(=O)[nH]c12.O=S(=O)(O)c1cccc2c(S(=O)(=O)O)cccc12. The van der Waals surface area contributed by atoms with Crippen LogP contribution in [0.1, 0.15) is 22.4 Å². The van der Waals surface area contributed by atoms with E-state index >= 15 is 0 Å². The molecule has 0 saturated heterocycles. The molecule has 0 fully saturated rings. The van der Waals surface area contributed by atoms with Crippen LogP contribution in [0.5, 0.6) is 5.75 Å². The zero-order valence-corrected chi connectivity index (χ0v) is 31.0. The van der Waals surface area contributed by atoms with E-state index in [1.54, 1.807) is 13.2 Å². The number of pyridine rings is 1. The van der Waals surface area contributed by atoms with Gasteiger partial charge in [-0.05, 0) is 54.9 Å². The summed E-state index contributed by atoms with van der Waals surface area (Å²) >= 11 is 0. The van der Waals surface area contributed by atoms with Crippen LogP contribution in [0.3, 0.4) is 0 Å². The van der Waals surface area contributed by atoms with Gasteiger partial charge in [-0.15, -0.1) is 0 Å². The molecule has 0 radical (unpaired) electrons. The third kappa shape index (κ3) is 8.19. The third-order valence-corrected chi connectivity index (χ3v) is 11.0. The molecule has 5 aromatic carbocycles. The Bertz CT molecular complexity index is 2650. The Balaban J connectivity index is 0.000000139. The maximum absolute atomic E-state index is 11.3. The molecule has 1 aliphatic rings. The molecule has 0 atom stereocenters. The van der Waals surface area contributed by atoms with Crippen molar-refractivity contribution < 1.29 is 30.7 Å². The van der Waals surface area contributed by atoms with Crippen LogP contribution in [-0.4, -0.2) is 61.1 Å². The van der Waals surface area contributed by atoms with Crippen molar-refractivity contribution in [2.75, 3.05) is 20.7 Å². The van der Waals surface area contributed by atoms with Crippen LogP contribution in [0.25, 0.3) is 32.6 Å². The van der Waals surface area contributed by atoms with Crippen LogP contribution in [0.4, 0.5) is 0 Å².